The van der Waals surface area contributed by atoms with Gasteiger partial charge in [-0.15, -0.1) is 11.3 Å². The predicted molar refractivity (Wildman–Crippen MR) is 103 cm³/mol. The van der Waals surface area contributed by atoms with Crippen molar-refractivity contribution in [3.63, 3.8) is 0 Å². The lowest BCUT2D eigenvalue weighted by Crippen LogP contribution is -2.22. The Morgan fingerprint density at radius 1 is 1.24 bits per heavy atom. The molecular formula is C20H22N2O2S. The number of hydrogen-bond donors (Lipinski definition) is 2. The first-order valence-electron chi connectivity index (χ1n) is 8.49. The molecule has 1 aliphatic carbocycles. The van der Waals surface area contributed by atoms with E-state index in [4.69, 9.17) is 0 Å². The first-order chi connectivity index (χ1) is 12.1. The summed E-state index contributed by atoms with van der Waals surface area (Å²) in [5.41, 5.74) is 2.70. The summed E-state index contributed by atoms with van der Waals surface area (Å²) in [7, 11) is 1.62. The molecule has 3 rings (SSSR count). The fourth-order valence-electron chi connectivity index (χ4n) is 3.09. The summed E-state index contributed by atoms with van der Waals surface area (Å²) in [6.07, 6.45) is 6.22. The molecule has 0 unspecified atom stereocenters. The van der Waals surface area contributed by atoms with Gasteiger partial charge in [-0.3, -0.25) is 9.59 Å². The quantitative estimate of drug-likeness (QED) is 0.819. The van der Waals surface area contributed by atoms with Gasteiger partial charge in [0.05, 0.1) is 5.56 Å². The number of hydrogen-bond acceptors (Lipinski definition) is 3. The van der Waals surface area contributed by atoms with Crippen molar-refractivity contribution in [2.24, 2.45) is 5.92 Å². The lowest BCUT2D eigenvalue weighted by molar-refractivity contribution is -0.111. The molecule has 1 aliphatic rings. The van der Waals surface area contributed by atoms with Crippen LogP contribution in [0.2, 0.25) is 0 Å². The lowest BCUT2D eigenvalue weighted by atomic mass is 9.88. The highest BCUT2D eigenvalue weighted by atomic mass is 32.1. The highest BCUT2D eigenvalue weighted by Crippen LogP contribution is 2.39. The number of nitrogens with one attached hydrogen (secondary N) is 2. The second-order valence-corrected chi connectivity index (χ2v) is 7.47. The van der Waals surface area contributed by atoms with Crippen LogP contribution in [0.5, 0.6) is 0 Å². The van der Waals surface area contributed by atoms with Crippen molar-refractivity contribution in [2.45, 2.75) is 26.2 Å². The standard InChI is InChI=1S/C20H22N2O2S/c1-13-8-10-15-16(12-13)25-20(18(15)19(24)21-2)22-17(23)11-9-14-6-4-3-5-7-14/h3-7,9,11,13H,8,10,12H2,1-2H3,(H,21,24)(H,22,23)/b11-9+/t13-/m0/s1. The molecule has 0 saturated carbocycles. The van der Waals surface area contributed by atoms with Crippen LogP contribution in [-0.4, -0.2) is 18.9 Å². The van der Waals surface area contributed by atoms with Gasteiger partial charge in [0.2, 0.25) is 5.91 Å². The van der Waals surface area contributed by atoms with E-state index in [-0.39, 0.29) is 11.8 Å². The SMILES string of the molecule is CNC(=O)c1c(NC(=O)/C=C/c2ccccc2)sc2c1CC[C@H](C)C2. The van der Waals surface area contributed by atoms with Gasteiger partial charge in [-0.25, -0.2) is 0 Å². The Kier molecular flexibility index (Phi) is 5.34. The molecule has 130 valence electrons. The minimum absolute atomic E-state index is 0.130. The molecule has 25 heavy (non-hydrogen) atoms. The number of benzene rings is 1. The van der Waals surface area contributed by atoms with E-state index in [1.54, 1.807) is 13.1 Å². The largest absolute Gasteiger partial charge is 0.355 e. The second kappa shape index (κ2) is 7.66. The molecule has 0 bridgehead atoms. The van der Waals surface area contributed by atoms with E-state index in [1.807, 2.05) is 30.3 Å². The Balaban J connectivity index is 1.83. The smallest absolute Gasteiger partial charge is 0.254 e. The number of thiophene rings is 1. The van der Waals surface area contributed by atoms with E-state index in [2.05, 4.69) is 17.6 Å². The van der Waals surface area contributed by atoms with E-state index >= 15 is 0 Å². The van der Waals surface area contributed by atoms with Crippen molar-refractivity contribution in [1.82, 2.24) is 5.32 Å². The third-order valence-electron chi connectivity index (χ3n) is 4.43. The van der Waals surface area contributed by atoms with Crippen LogP contribution in [-0.2, 0) is 17.6 Å². The Morgan fingerprint density at radius 2 is 2.00 bits per heavy atom. The van der Waals surface area contributed by atoms with Gasteiger partial charge in [-0.05, 0) is 42.4 Å². The molecule has 1 aromatic heterocycles. The number of carbonyl (C=O) groups is 2. The highest BCUT2D eigenvalue weighted by molar-refractivity contribution is 7.17. The molecule has 2 aromatic rings. The van der Waals surface area contributed by atoms with Crippen molar-refractivity contribution in [3.05, 3.63) is 58.0 Å². The molecule has 4 nitrogen and oxygen atoms in total. The monoisotopic (exact) mass is 354 g/mol. The predicted octanol–water partition coefficient (Wildman–Crippen LogP) is 3.88. The summed E-state index contributed by atoms with van der Waals surface area (Å²) < 4.78 is 0. The Labute approximate surface area is 152 Å². The Bertz CT molecular complexity index is 809. The summed E-state index contributed by atoms with van der Waals surface area (Å²) in [5.74, 6) is 0.264. The normalized spacial score (nSPS) is 16.5. The average Bonchev–Trinajstić information content (AvgIpc) is 2.97. The van der Waals surface area contributed by atoms with Crippen LogP contribution in [0.4, 0.5) is 5.00 Å². The third kappa shape index (κ3) is 3.99. The van der Waals surface area contributed by atoms with Gasteiger partial charge in [-0.2, -0.15) is 0 Å². The van der Waals surface area contributed by atoms with Crippen LogP contribution in [0, 0.1) is 5.92 Å². The Hall–Kier alpha value is -2.40. The zero-order valence-electron chi connectivity index (χ0n) is 14.5. The molecule has 0 radical (unpaired) electrons. The van der Waals surface area contributed by atoms with Crippen molar-refractivity contribution in [1.29, 1.82) is 0 Å². The molecule has 2 amide bonds. The van der Waals surface area contributed by atoms with Gasteiger partial charge in [-0.1, -0.05) is 37.3 Å². The van der Waals surface area contributed by atoms with Gasteiger partial charge in [0, 0.05) is 18.0 Å². The molecule has 1 aromatic carbocycles. The maximum Gasteiger partial charge on any atom is 0.254 e. The van der Waals surface area contributed by atoms with E-state index in [1.165, 1.54) is 22.3 Å². The van der Waals surface area contributed by atoms with Crippen molar-refractivity contribution >= 4 is 34.2 Å². The summed E-state index contributed by atoms with van der Waals surface area (Å²) in [6.45, 7) is 2.23. The van der Waals surface area contributed by atoms with E-state index < -0.39 is 0 Å². The molecule has 0 saturated heterocycles. The summed E-state index contributed by atoms with van der Waals surface area (Å²) in [4.78, 5) is 25.9. The topological polar surface area (TPSA) is 58.2 Å². The second-order valence-electron chi connectivity index (χ2n) is 6.37. The van der Waals surface area contributed by atoms with E-state index in [0.29, 0.717) is 16.5 Å². The van der Waals surface area contributed by atoms with Crippen molar-refractivity contribution in [2.75, 3.05) is 12.4 Å². The molecule has 0 fully saturated rings. The maximum atomic E-state index is 12.3. The fraction of sp³-hybridized carbons (Fsp3) is 0.300. The van der Waals surface area contributed by atoms with Crippen molar-refractivity contribution < 1.29 is 9.59 Å². The van der Waals surface area contributed by atoms with Crippen LogP contribution in [0.25, 0.3) is 6.08 Å². The van der Waals surface area contributed by atoms with Gasteiger partial charge in [0.1, 0.15) is 5.00 Å². The first kappa shape index (κ1) is 17.4. The zero-order valence-corrected chi connectivity index (χ0v) is 15.3. The van der Waals surface area contributed by atoms with E-state index in [0.717, 1.165) is 30.4 Å². The maximum absolute atomic E-state index is 12.3. The molecule has 1 heterocycles. The first-order valence-corrected chi connectivity index (χ1v) is 9.31. The molecule has 2 N–H and O–H groups in total. The third-order valence-corrected chi connectivity index (χ3v) is 5.60. The number of fused-ring (bicyclic) bond motifs is 1. The van der Waals surface area contributed by atoms with Gasteiger partial charge in [0.25, 0.3) is 5.91 Å². The summed E-state index contributed by atoms with van der Waals surface area (Å²) in [5, 5.41) is 6.25. The number of carbonyl (C=O) groups excluding carboxylic acids is 2. The zero-order chi connectivity index (χ0) is 17.8. The van der Waals surface area contributed by atoms with Crippen molar-refractivity contribution in [3.8, 4) is 0 Å². The molecule has 5 heteroatoms. The number of amides is 2. The average molecular weight is 354 g/mol. The number of rotatable bonds is 4. The lowest BCUT2D eigenvalue weighted by Gasteiger charge is -2.18. The van der Waals surface area contributed by atoms with Gasteiger partial charge >= 0.3 is 0 Å². The molecule has 1 atom stereocenters. The summed E-state index contributed by atoms with van der Waals surface area (Å²) in [6, 6.07) is 9.66. The molecule has 0 spiro atoms. The van der Waals surface area contributed by atoms with Crippen LogP contribution in [0.1, 0.15) is 39.7 Å². The van der Waals surface area contributed by atoms with Crippen LogP contribution in [0.15, 0.2) is 36.4 Å². The Morgan fingerprint density at radius 3 is 2.72 bits per heavy atom. The minimum atomic E-state index is -0.222. The van der Waals surface area contributed by atoms with Crippen LogP contribution in [0.3, 0.4) is 0 Å². The molecule has 0 aliphatic heterocycles. The van der Waals surface area contributed by atoms with Crippen LogP contribution >= 0.6 is 11.3 Å². The highest BCUT2D eigenvalue weighted by Gasteiger charge is 2.27. The van der Waals surface area contributed by atoms with Gasteiger partial charge < -0.3 is 10.6 Å². The van der Waals surface area contributed by atoms with Gasteiger partial charge in [0.15, 0.2) is 0 Å². The minimum Gasteiger partial charge on any atom is -0.355 e. The van der Waals surface area contributed by atoms with E-state index in [9.17, 15) is 9.59 Å². The van der Waals surface area contributed by atoms with Crippen LogP contribution < -0.4 is 10.6 Å². The molecular weight excluding hydrogens is 332 g/mol. The number of anilines is 1. The fourth-order valence-corrected chi connectivity index (χ4v) is 4.50. The summed E-state index contributed by atoms with van der Waals surface area (Å²) >= 11 is 1.53.